The molecule has 154 valence electrons. The van der Waals surface area contributed by atoms with Crippen LogP contribution in [-0.2, 0) is 16.0 Å². The second kappa shape index (κ2) is 10.3. The predicted octanol–water partition coefficient (Wildman–Crippen LogP) is 4.38. The highest BCUT2D eigenvalue weighted by Crippen LogP contribution is 2.35. The van der Waals surface area contributed by atoms with Crippen molar-refractivity contribution in [3.8, 4) is 0 Å². The van der Waals surface area contributed by atoms with E-state index in [1.807, 2.05) is 0 Å². The van der Waals surface area contributed by atoms with Gasteiger partial charge in [-0.25, -0.2) is 0 Å². The Kier molecular flexibility index (Phi) is 8.12. The second-order valence-electron chi connectivity index (χ2n) is 7.81. The zero-order valence-electron chi connectivity index (χ0n) is 18.1. The SMILES string of the molecule is CC=C(C=CCC(C)C)CNC1Nc2cc(C)c(CCC(=O)OC)cc2N1C. The number of hydrogen-bond acceptors (Lipinski definition) is 5. The fourth-order valence-corrected chi connectivity index (χ4v) is 3.29. The van der Waals surface area contributed by atoms with Gasteiger partial charge in [-0.2, -0.15) is 0 Å². The van der Waals surface area contributed by atoms with Crippen LogP contribution < -0.4 is 15.5 Å². The van der Waals surface area contributed by atoms with E-state index >= 15 is 0 Å². The summed E-state index contributed by atoms with van der Waals surface area (Å²) in [6.45, 7) is 9.43. The van der Waals surface area contributed by atoms with Crippen LogP contribution in [0.15, 0.2) is 35.9 Å². The van der Waals surface area contributed by atoms with Crippen LogP contribution in [0.3, 0.4) is 0 Å². The molecule has 0 fully saturated rings. The number of nitrogens with one attached hydrogen (secondary N) is 2. The quantitative estimate of drug-likeness (QED) is 0.488. The minimum absolute atomic E-state index is 0.0405. The number of carbonyl (C=O) groups is 1. The van der Waals surface area contributed by atoms with E-state index in [0.717, 1.165) is 24.3 Å². The van der Waals surface area contributed by atoms with Gasteiger partial charge < -0.3 is 15.0 Å². The lowest BCUT2D eigenvalue weighted by atomic mass is 10.0. The number of nitrogens with zero attached hydrogens (tertiary/aromatic N) is 1. The number of fused-ring (bicyclic) bond motifs is 1. The molecule has 0 spiro atoms. The second-order valence-corrected chi connectivity index (χ2v) is 7.81. The molecule has 1 aliphatic heterocycles. The summed E-state index contributed by atoms with van der Waals surface area (Å²) in [5.74, 6) is 0.506. The maximum atomic E-state index is 11.5. The van der Waals surface area contributed by atoms with Gasteiger partial charge in [0.2, 0.25) is 0 Å². The molecule has 0 aliphatic carbocycles. The molecule has 0 radical (unpaired) electrons. The molecule has 1 unspecified atom stereocenters. The summed E-state index contributed by atoms with van der Waals surface area (Å²) in [5, 5.41) is 7.14. The average molecular weight is 386 g/mol. The maximum Gasteiger partial charge on any atom is 0.305 e. The van der Waals surface area contributed by atoms with Gasteiger partial charge in [0.15, 0.2) is 6.29 Å². The van der Waals surface area contributed by atoms with E-state index < -0.39 is 0 Å². The Morgan fingerprint density at radius 2 is 2.14 bits per heavy atom. The van der Waals surface area contributed by atoms with E-state index in [9.17, 15) is 4.79 Å². The van der Waals surface area contributed by atoms with Crippen molar-refractivity contribution in [2.24, 2.45) is 5.92 Å². The lowest BCUT2D eigenvalue weighted by Gasteiger charge is -2.23. The van der Waals surface area contributed by atoms with E-state index in [2.05, 4.69) is 80.6 Å². The van der Waals surface area contributed by atoms with Crippen molar-refractivity contribution < 1.29 is 9.53 Å². The fraction of sp³-hybridized carbons (Fsp3) is 0.522. The van der Waals surface area contributed by atoms with Gasteiger partial charge >= 0.3 is 5.97 Å². The molecule has 2 N–H and O–H groups in total. The van der Waals surface area contributed by atoms with E-state index in [1.54, 1.807) is 0 Å². The minimum atomic E-state index is -0.171. The number of esters is 1. The highest BCUT2D eigenvalue weighted by molar-refractivity contribution is 5.78. The van der Waals surface area contributed by atoms with Gasteiger partial charge in [-0.1, -0.05) is 32.1 Å². The molecule has 0 saturated heterocycles. The molecule has 1 atom stereocenters. The monoisotopic (exact) mass is 385 g/mol. The van der Waals surface area contributed by atoms with Crippen molar-refractivity contribution in [1.29, 1.82) is 0 Å². The average Bonchev–Trinajstić information content (AvgIpc) is 2.96. The first-order chi connectivity index (χ1) is 13.3. The van der Waals surface area contributed by atoms with Gasteiger partial charge in [0.1, 0.15) is 0 Å². The first-order valence-electron chi connectivity index (χ1n) is 10.1. The van der Waals surface area contributed by atoms with Crippen LogP contribution in [0.1, 0.15) is 44.7 Å². The molecule has 1 aliphatic rings. The largest absolute Gasteiger partial charge is 0.469 e. The molecule has 5 heteroatoms. The van der Waals surface area contributed by atoms with E-state index in [1.165, 1.54) is 23.8 Å². The number of benzene rings is 1. The normalized spacial score (nSPS) is 16.6. The number of ether oxygens (including phenoxy) is 1. The summed E-state index contributed by atoms with van der Waals surface area (Å²) in [6.07, 6.45) is 8.85. The molecule has 0 bridgehead atoms. The third kappa shape index (κ3) is 5.86. The Balaban J connectivity index is 2.00. The van der Waals surface area contributed by atoms with Crippen LogP contribution in [0.5, 0.6) is 0 Å². The lowest BCUT2D eigenvalue weighted by molar-refractivity contribution is -0.140. The summed E-state index contributed by atoms with van der Waals surface area (Å²) in [4.78, 5) is 13.7. The fourth-order valence-electron chi connectivity index (χ4n) is 3.29. The van der Waals surface area contributed by atoms with Gasteiger partial charge in [-0.3, -0.25) is 10.1 Å². The summed E-state index contributed by atoms with van der Waals surface area (Å²) >= 11 is 0. The molecule has 0 aromatic heterocycles. The molecule has 1 aromatic rings. The minimum Gasteiger partial charge on any atom is -0.469 e. The first-order valence-corrected chi connectivity index (χ1v) is 10.1. The van der Waals surface area contributed by atoms with Gasteiger partial charge in [0.05, 0.1) is 18.5 Å². The predicted molar refractivity (Wildman–Crippen MR) is 118 cm³/mol. The van der Waals surface area contributed by atoms with Crippen molar-refractivity contribution in [3.05, 3.63) is 47.1 Å². The summed E-state index contributed by atoms with van der Waals surface area (Å²) in [7, 11) is 3.52. The van der Waals surface area contributed by atoms with Crippen LogP contribution >= 0.6 is 0 Å². The number of methoxy groups -OCH3 is 1. The number of rotatable bonds is 9. The number of carbonyl (C=O) groups excluding carboxylic acids is 1. The van der Waals surface area contributed by atoms with E-state index in [4.69, 9.17) is 4.74 Å². The Morgan fingerprint density at radius 3 is 2.79 bits per heavy atom. The molecule has 5 nitrogen and oxygen atoms in total. The van der Waals surface area contributed by atoms with Gasteiger partial charge in [0.25, 0.3) is 0 Å². The zero-order chi connectivity index (χ0) is 20.7. The lowest BCUT2D eigenvalue weighted by Crippen LogP contribution is -2.45. The smallest absolute Gasteiger partial charge is 0.305 e. The summed E-state index contributed by atoms with van der Waals surface area (Å²) < 4.78 is 4.77. The third-order valence-electron chi connectivity index (χ3n) is 5.15. The van der Waals surface area contributed by atoms with Crippen molar-refractivity contribution in [2.75, 3.05) is 30.9 Å². The van der Waals surface area contributed by atoms with Crippen LogP contribution in [-0.4, -0.2) is 33.0 Å². The van der Waals surface area contributed by atoms with Gasteiger partial charge in [-0.15, -0.1) is 0 Å². The van der Waals surface area contributed by atoms with Crippen LogP contribution in [0.4, 0.5) is 11.4 Å². The van der Waals surface area contributed by atoms with Crippen LogP contribution in [0, 0.1) is 12.8 Å². The molecule has 0 saturated carbocycles. The summed E-state index contributed by atoms with van der Waals surface area (Å²) in [5.41, 5.74) is 5.93. The number of aryl methyl sites for hydroxylation is 2. The molecule has 28 heavy (non-hydrogen) atoms. The van der Waals surface area contributed by atoms with Crippen molar-refractivity contribution in [2.45, 2.75) is 53.2 Å². The van der Waals surface area contributed by atoms with E-state index in [-0.39, 0.29) is 12.3 Å². The molecule has 1 heterocycles. The topological polar surface area (TPSA) is 53.6 Å². The van der Waals surface area contributed by atoms with E-state index in [0.29, 0.717) is 18.8 Å². The van der Waals surface area contributed by atoms with Crippen LogP contribution in [0.2, 0.25) is 0 Å². The van der Waals surface area contributed by atoms with Crippen molar-refractivity contribution in [1.82, 2.24) is 5.32 Å². The summed E-state index contributed by atoms with van der Waals surface area (Å²) in [6, 6.07) is 4.35. The van der Waals surface area contributed by atoms with Crippen molar-refractivity contribution in [3.63, 3.8) is 0 Å². The Hall–Kier alpha value is -2.27. The number of allylic oxidation sites excluding steroid dienone is 2. The Morgan fingerprint density at radius 1 is 1.39 bits per heavy atom. The maximum absolute atomic E-state index is 11.5. The van der Waals surface area contributed by atoms with Gasteiger partial charge in [-0.05, 0) is 61.4 Å². The highest BCUT2D eigenvalue weighted by Gasteiger charge is 2.26. The Labute approximate surface area is 169 Å². The molecule has 2 rings (SSSR count). The first kappa shape index (κ1) is 22.0. The number of anilines is 2. The molecular formula is C23H35N3O2. The zero-order valence-corrected chi connectivity index (χ0v) is 18.1. The van der Waals surface area contributed by atoms with Crippen LogP contribution in [0.25, 0.3) is 0 Å². The highest BCUT2D eigenvalue weighted by atomic mass is 16.5. The standard InChI is InChI=1S/C23H35N3O2/c1-7-18(10-8-9-16(2)3)15-24-23-25-20-13-17(4)19(11-12-22(27)28-6)14-21(20)26(23)5/h7-8,10,13-14,16,23-25H,9,11-12,15H2,1-6H3. The van der Waals surface area contributed by atoms with Crippen molar-refractivity contribution >= 4 is 17.3 Å². The molecular weight excluding hydrogens is 350 g/mol. The third-order valence-corrected chi connectivity index (χ3v) is 5.15. The molecule has 1 aromatic carbocycles. The molecule has 0 amide bonds. The van der Waals surface area contributed by atoms with Gasteiger partial charge in [0, 0.05) is 20.0 Å². The number of hydrogen-bond donors (Lipinski definition) is 2. The Bertz CT molecular complexity index is 738.